The Labute approximate surface area is 206 Å². The van der Waals surface area contributed by atoms with Crippen LogP contribution >= 0.6 is 11.3 Å². The zero-order valence-corrected chi connectivity index (χ0v) is 20.7. The molecule has 0 fully saturated rings. The Morgan fingerprint density at radius 2 is 1.77 bits per heavy atom. The van der Waals surface area contributed by atoms with Gasteiger partial charge in [-0.2, -0.15) is 4.31 Å². The normalized spacial score (nSPS) is 12.3. The first-order valence-corrected chi connectivity index (χ1v) is 13.3. The molecular weight excluding hydrogens is 484 g/mol. The molecule has 0 atom stereocenters. The second-order valence-electron chi connectivity index (χ2n) is 7.58. The van der Waals surface area contributed by atoms with Crippen LogP contribution in [0.15, 0.2) is 74.4 Å². The lowest BCUT2D eigenvalue weighted by Crippen LogP contribution is -2.30. The average molecular weight is 507 g/mol. The van der Waals surface area contributed by atoms with Gasteiger partial charge in [0.15, 0.2) is 10.8 Å². The number of para-hydroxylation sites is 1. The monoisotopic (exact) mass is 506 g/mol. The molecule has 10 heteroatoms. The summed E-state index contributed by atoms with van der Waals surface area (Å²) in [6, 6.07) is 18.2. The highest BCUT2D eigenvalue weighted by Gasteiger charge is 2.22. The third-order valence-corrected chi connectivity index (χ3v) is 8.48. The number of sulfonamides is 1. The largest absolute Gasteiger partial charge is 0.454 e. The summed E-state index contributed by atoms with van der Waals surface area (Å²) in [4.78, 5) is 4.80. The standard InChI is InChI=1S/C25H22N4O4S2/c1-3-29(4-2)35(30,31)19-9-7-8-17(16-19)24-28-27-23(33-24)15-13-18-12-14-21(32-18)25-26-20-10-5-6-11-22(20)34-25/h5-16H,3-4H2,1-2H3/b15-13+. The maximum Gasteiger partial charge on any atom is 0.248 e. The van der Waals surface area contributed by atoms with Gasteiger partial charge < -0.3 is 8.83 Å². The van der Waals surface area contributed by atoms with Crippen molar-refractivity contribution in [1.82, 2.24) is 19.5 Å². The Hall–Kier alpha value is -3.60. The first kappa shape index (κ1) is 23.2. The lowest BCUT2D eigenvalue weighted by atomic mass is 10.2. The first-order valence-electron chi connectivity index (χ1n) is 11.1. The van der Waals surface area contributed by atoms with Gasteiger partial charge in [-0.05, 0) is 48.5 Å². The Balaban J connectivity index is 1.34. The summed E-state index contributed by atoms with van der Waals surface area (Å²) in [5.41, 5.74) is 1.47. The van der Waals surface area contributed by atoms with Crippen LogP contribution in [-0.4, -0.2) is 41.0 Å². The van der Waals surface area contributed by atoms with Gasteiger partial charge in [0.1, 0.15) is 5.76 Å². The minimum absolute atomic E-state index is 0.187. The molecular formula is C25H22N4O4S2. The van der Waals surface area contributed by atoms with Crippen LogP contribution in [0.5, 0.6) is 0 Å². The number of nitrogens with zero attached hydrogens (tertiary/aromatic N) is 4. The third kappa shape index (κ3) is 4.68. The molecule has 0 aliphatic heterocycles. The Kier molecular flexibility index (Phi) is 6.33. The molecule has 5 aromatic rings. The molecule has 178 valence electrons. The van der Waals surface area contributed by atoms with E-state index in [0.29, 0.717) is 30.2 Å². The number of hydrogen-bond donors (Lipinski definition) is 0. The maximum absolute atomic E-state index is 12.8. The lowest BCUT2D eigenvalue weighted by molar-refractivity contribution is 0.445. The molecule has 2 aromatic carbocycles. The molecule has 0 spiro atoms. The molecule has 0 saturated carbocycles. The van der Waals surface area contributed by atoms with Crippen LogP contribution in [0.2, 0.25) is 0 Å². The van der Waals surface area contributed by atoms with E-state index in [-0.39, 0.29) is 16.7 Å². The van der Waals surface area contributed by atoms with E-state index in [0.717, 1.165) is 15.2 Å². The van der Waals surface area contributed by atoms with Crippen LogP contribution in [0.3, 0.4) is 0 Å². The van der Waals surface area contributed by atoms with Crippen LogP contribution in [0.25, 0.3) is 44.6 Å². The van der Waals surface area contributed by atoms with Gasteiger partial charge in [-0.15, -0.1) is 21.5 Å². The number of hydrogen-bond acceptors (Lipinski definition) is 8. The maximum atomic E-state index is 12.8. The van der Waals surface area contributed by atoms with E-state index >= 15 is 0 Å². The molecule has 0 aliphatic carbocycles. The van der Waals surface area contributed by atoms with Gasteiger partial charge in [-0.25, -0.2) is 13.4 Å². The van der Waals surface area contributed by atoms with Crippen molar-refractivity contribution in [1.29, 1.82) is 0 Å². The summed E-state index contributed by atoms with van der Waals surface area (Å²) in [5, 5.41) is 8.92. The number of benzene rings is 2. The quantitative estimate of drug-likeness (QED) is 0.262. The number of thiazole rings is 1. The molecule has 3 aromatic heterocycles. The second-order valence-corrected chi connectivity index (χ2v) is 10.6. The van der Waals surface area contributed by atoms with Gasteiger partial charge in [0, 0.05) is 24.7 Å². The molecule has 35 heavy (non-hydrogen) atoms. The van der Waals surface area contributed by atoms with Gasteiger partial charge >= 0.3 is 0 Å². The predicted octanol–water partition coefficient (Wildman–Crippen LogP) is 5.81. The molecule has 0 unspecified atom stereocenters. The lowest BCUT2D eigenvalue weighted by Gasteiger charge is -2.18. The molecule has 0 bridgehead atoms. The summed E-state index contributed by atoms with van der Waals surface area (Å²) in [5.74, 6) is 1.81. The van der Waals surface area contributed by atoms with Gasteiger partial charge in [-0.1, -0.05) is 32.0 Å². The van der Waals surface area contributed by atoms with Gasteiger partial charge in [0.05, 0.1) is 15.1 Å². The molecule has 8 nitrogen and oxygen atoms in total. The highest BCUT2D eigenvalue weighted by molar-refractivity contribution is 7.89. The topological polar surface area (TPSA) is 102 Å². The predicted molar refractivity (Wildman–Crippen MR) is 136 cm³/mol. The van der Waals surface area contributed by atoms with Crippen LogP contribution in [0.4, 0.5) is 0 Å². The van der Waals surface area contributed by atoms with E-state index < -0.39 is 10.0 Å². The zero-order valence-electron chi connectivity index (χ0n) is 19.1. The van der Waals surface area contributed by atoms with Crippen molar-refractivity contribution >= 4 is 43.7 Å². The Morgan fingerprint density at radius 3 is 2.57 bits per heavy atom. The average Bonchev–Trinajstić information content (AvgIpc) is 3.62. The second kappa shape index (κ2) is 9.57. The van der Waals surface area contributed by atoms with Gasteiger partial charge in [0.25, 0.3) is 0 Å². The zero-order chi connectivity index (χ0) is 24.4. The summed E-state index contributed by atoms with van der Waals surface area (Å²) in [6.45, 7) is 4.41. The number of rotatable bonds is 8. The summed E-state index contributed by atoms with van der Waals surface area (Å²) >= 11 is 1.57. The smallest absolute Gasteiger partial charge is 0.248 e. The van der Waals surface area contributed by atoms with E-state index in [4.69, 9.17) is 8.83 Å². The van der Waals surface area contributed by atoms with E-state index in [1.54, 1.807) is 47.8 Å². The van der Waals surface area contributed by atoms with Crippen LogP contribution in [0.1, 0.15) is 25.5 Å². The van der Waals surface area contributed by atoms with Crippen molar-refractivity contribution in [2.24, 2.45) is 0 Å². The van der Waals surface area contributed by atoms with Crippen molar-refractivity contribution in [3.63, 3.8) is 0 Å². The van der Waals surface area contributed by atoms with Crippen LogP contribution < -0.4 is 0 Å². The molecule has 3 heterocycles. The van der Waals surface area contributed by atoms with Gasteiger partial charge in [0.2, 0.25) is 21.8 Å². The Bertz CT molecular complexity index is 1580. The molecule has 0 radical (unpaired) electrons. The van der Waals surface area contributed by atoms with Crippen molar-refractivity contribution in [2.45, 2.75) is 18.7 Å². The summed E-state index contributed by atoms with van der Waals surface area (Å²) in [7, 11) is -3.59. The first-order chi connectivity index (χ1) is 17.0. The molecule has 5 rings (SSSR count). The molecule has 0 N–H and O–H groups in total. The fourth-order valence-corrected chi connectivity index (χ4v) is 6.04. The van der Waals surface area contributed by atoms with Gasteiger partial charge in [-0.3, -0.25) is 0 Å². The van der Waals surface area contributed by atoms with Crippen LogP contribution in [-0.2, 0) is 10.0 Å². The number of furan rings is 1. The van der Waals surface area contributed by atoms with Crippen molar-refractivity contribution in [2.75, 3.05) is 13.1 Å². The van der Waals surface area contributed by atoms with E-state index in [1.807, 2.05) is 50.2 Å². The minimum atomic E-state index is -3.59. The minimum Gasteiger partial charge on any atom is -0.454 e. The van der Waals surface area contributed by atoms with Crippen LogP contribution in [0, 0.1) is 0 Å². The van der Waals surface area contributed by atoms with E-state index in [2.05, 4.69) is 15.2 Å². The number of aromatic nitrogens is 3. The Morgan fingerprint density at radius 1 is 0.943 bits per heavy atom. The molecule has 0 saturated heterocycles. The van der Waals surface area contributed by atoms with Crippen molar-refractivity contribution in [3.05, 3.63) is 72.3 Å². The fourth-order valence-electron chi connectivity index (χ4n) is 3.61. The fraction of sp³-hybridized carbons (Fsp3) is 0.160. The molecule has 0 amide bonds. The highest BCUT2D eigenvalue weighted by atomic mass is 32.2. The number of fused-ring (bicyclic) bond motifs is 1. The third-order valence-electron chi connectivity index (χ3n) is 5.39. The van der Waals surface area contributed by atoms with E-state index in [1.165, 1.54) is 4.31 Å². The SMILES string of the molecule is CCN(CC)S(=O)(=O)c1cccc(-c2nnc(/C=C/c3ccc(-c4nc5ccccc5s4)o3)o2)c1. The summed E-state index contributed by atoms with van der Waals surface area (Å²) in [6.07, 6.45) is 3.38. The summed E-state index contributed by atoms with van der Waals surface area (Å²) < 4.78 is 39.8. The highest BCUT2D eigenvalue weighted by Crippen LogP contribution is 2.31. The van der Waals surface area contributed by atoms with Crippen molar-refractivity contribution in [3.8, 4) is 22.2 Å². The molecule has 0 aliphatic rings. The van der Waals surface area contributed by atoms with Crippen molar-refractivity contribution < 1.29 is 17.3 Å². The van der Waals surface area contributed by atoms with E-state index in [9.17, 15) is 8.42 Å².